The number of hydrogen-bond acceptors (Lipinski definition) is 2. The van der Waals surface area contributed by atoms with Crippen LogP contribution in [0.4, 0.5) is 4.79 Å². The molecule has 0 saturated carbocycles. The number of benzene rings is 1. The lowest BCUT2D eigenvalue weighted by atomic mass is 9.97. The molecule has 5 nitrogen and oxygen atoms in total. The SMILES string of the molecule is CN(C)C(=O)c1ccc2c(c1)CCN(C(=O)O)C2. The predicted octanol–water partition coefficient (Wildman–Crippen LogP) is 1.42. The molecule has 0 saturated heterocycles. The number of carbonyl (C=O) groups excluding carboxylic acids is 1. The zero-order valence-corrected chi connectivity index (χ0v) is 10.5. The second-order valence-corrected chi connectivity index (χ2v) is 4.64. The van der Waals surface area contributed by atoms with Crippen LogP contribution in [0.25, 0.3) is 0 Å². The first-order valence-electron chi connectivity index (χ1n) is 5.80. The Bertz CT molecular complexity index is 497. The van der Waals surface area contributed by atoms with Gasteiger partial charge >= 0.3 is 6.09 Å². The summed E-state index contributed by atoms with van der Waals surface area (Å²) in [6, 6.07) is 5.48. The van der Waals surface area contributed by atoms with Gasteiger partial charge in [-0.1, -0.05) is 6.07 Å². The van der Waals surface area contributed by atoms with Gasteiger partial charge in [0.05, 0.1) is 0 Å². The van der Waals surface area contributed by atoms with Crippen LogP contribution >= 0.6 is 0 Å². The Morgan fingerprint density at radius 1 is 1.28 bits per heavy atom. The Balaban J connectivity index is 2.25. The number of fused-ring (bicyclic) bond motifs is 1. The van der Waals surface area contributed by atoms with Gasteiger partial charge in [0.25, 0.3) is 5.91 Å². The van der Waals surface area contributed by atoms with E-state index in [0.717, 1.165) is 11.1 Å². The van der Waals surface area contributed by atoms with Crippen LogP contribution in [0.1, 0.15) is 21.5 Å². The zero-order valence-electron chi connectivity index (χ0n) is 10.5. The number of carboxylic acid groups (broad SMARTS) is 1. The second kappa shape index (κ2) is 4.68. The van der Waals surface area contributed by atoms with Crippen LogP contribution in [0.15, 0.2) is 18.2 Å². The summed E-state index contributed by atoms with van der Waals surface area (Å²) in [6.07, 6.45) is -0.231. The fraction of sp³-hybridized carbons (Fsp3) is 0.385. The Labute approximate surface area is 106 Å². The van der Waals surface area contributed by atoms with Gasteiger partial charge in [-0.15, -0.1) is 0 Å². The van der Waals surface area contributed by atoms with Crippen molar-refractivity contribution in [3.05, 3.63) is 34.9 Å². The van der Waals surface area contributed by atoms with Gasteiger partial charge in [0.2, 0.25) is 0 Å². The van der Waals surface area contributed by atoms with E-state index in [4.69, 9.17) is 5.11 Å². The van der Waals surface area contributed by atoms with Crippen LogP contribution in [-0.4, -0.2) is 47.5 Å². The minimum Gasteiger partial charge on any atom is -0.465 e. The molecule has 18 heavy (non-hydrogen) atoms. The molecular formula is C13H16N2O3. The van der Waals surface area contributed by atoms with Crippen molar-refractivity contribution in [3.8, 4) is 0 Å². The molecule has 0 radical (unpaired) electrons. The third-order valence-corrected chi connectivity index (χ3v) is 3.14. The van der Waals surface area contributed by atoms with Gasteiger partial charge in [0.1, 0.15) is 0 Å². The van der Waals surface area contributed by atoms with Crippen LogP contribution in [0.2, 0.25) is 0 Å². The monoisotopic (exact) mass is 248 g/mol. The van der Waals surface area contributed by atoms with Gasteiger partial charge in [0, 0.05) is 32.7 Å². The molecule has 0 atom stereocenters. The smallest absolute Gasteiger partial charge is 0.407 e. The first-order valence-corrected chi connectivity index (χ1v) is 5.80. The van der Waals surface area contributed by atoms with E-state index in [-0.39, 0.29) is 5.91 Å². The highest BCUT2D eigenvalue weighted by Crippen LogP contribution is 2.20. The fourth-order valence-electron chi connectivity index (χ4n) is 2.11. The maximum atomic E-state index is 11.8. The minimum atomic E-state index is -0.894. The fourth-order valence-corrected chi connectivity index (χ4v) is 2.11. The molecule has 1 heterocycles. The van der Waals surface area contributed by atoms with Gasteiger partial charge in [-0.2, -0.15) is 0 Å². The lowest BCUT2D eigenvalue weighted by Crippen LogP contribution is -2.35. The molecule has 2 amide bonds. The van der Waals surface area contributed by atoms with E-state index in [9.17, 15) is 9.59 Å². The summed E-state index contributed by atoms with van der Waals surface area (Å²) >= 11 is 0. The molecule has 1 aliphatic rings. The van der Waals surface area contributed by atoms with Crippen LogP contribution in [-0.2, 0) is 13.0 Å². The third kappa shape index (κ3) is 2.30. The molecule has 0 fully saturated rings. The Morgan fingerprint density at radius 2 is 2.00 bits per heavy atom. The van der Waals surface area contributed by atoms with Crippen molar-refractivity contribution in [1.29, 1.82) is 0 Å². The van der Waals surface area contributed by atoms with Gasteiger partial charge < -0.3 is 14.9 Å². The van der Waals surface area contributed by atoms with Crippen LogP contribution in [0.5, 0.6) is 0 Å². The van der Waals surface area contributed by atoms with Crippen LogP contribution < -0.4 is 0 Å². The molecule has 1 aromatic carbocycles. The maximum Gasteiger partial charge on any atom is 0.407 e. The molecule has 1 aromatic rings. The number of hydrogen-bond donors (Lipinski definition) is 1. The molecule has 1 N–H and O–H groups in total. The molecule has 0 aliphatic carbocycles. The molecule has 1 aliphatic heterocycles. The Hall–Kier alpha value is -2.04. The predicted molar refractivity (Wildman–Crippen MR) is 66.6 cm³/mol. The number of amides is 2. The van der Waals surface area contributed by atoms with E-state index >= 15 is 0 Å². The molecule has 0 unspecified atom stereocenters. The van der Waals surface area contributed by atoms with E-state index in [0.29, 0.717) is 25.1 Å². The van der Waals surface area contributed by atoms with Crippen molar-refractivity contribution < 1.29 is 14.7 Å². The lowest BCUT2D eigenvalue weighted by Gasteiger charge is -2.26. The highest BCUT2D eigenvalue weighted by atomic mass is 16.4. The normalized spacial score (nSPS) is 14.0. The van der Waals surface area contributed by atoms with E-state index in [1.807, 2.05) is 12.1 Å². The van der Waals surface area contributed by atoms with Crippen molar-refractivity contribution in [2.24, 2.45) is 0 Å². The van der Waals surface area contributed by atoms with E-state index < -0.39 is 6.09 Å². The van der Waals surface area contributed by atoms with Gasteiger partial charge in [-0.25, -0.2) is 4.79 Å². The van der Waals surface area contributed by atoms with Crippen LogP contribution in [0, 0.1) is 0 Å². The topological polar surface area (TPSA) is 60.9 Å². The van der Waals surface area contributed by atoms with E-state index in [2.05, 4.69) is 0 Å². The van der Waals surface area contributed by atoms with Gasteiger partial charge in [0.15, 0.2) is 0 Å². The Morgan fingerprint density at radius 3 is 2.61 bits per heavy atom. The van der Waals surface area contributed by atoms with E-state index in [1.54, 1.807) is 20.2 Å². The Kier molecular flexibility index (Phi) is 3.23. The molecule has 0 aromatic heterocycles. The first kappa shape index (κ1) is 12.4. The largest absolute Gasteiger partial charge is 0.465 e. The summed E-state index contributed by atoms with van der Waals surface area (Å²) in [6.45, 7) is 0.892. The highest BCUT2D eigenvalue weighted by Gasteiger charge is 2.21. The summed E-state index contributed by atoms with van der Waals surface area (Å²) in [5, 5.41) is 8.94. The summed E-state index contributed by atoms with van der Waals surface area (Å²) in [4.78, 5) is 25.6. The average Bonchev–Trinajstić information content (AvgIpc) is 2.36. The summed E-state index contributed by atoms with van der Waals surface area (Å²) in [5.41, 5.74) is 2.71. The zero-order chi connectivity index (χ0) is 13.3. The number of rotatable bonds is 1. The molecule has 96 valence electrons. The maximum absolute atomic E-state index is 11.8. The minimum absolute atomic E-state index is 0.0292. The van der Waals surface area contributed by atoms with Crippen molar-refractivity contribution in [1.82, 2.24) is 9.80 Å². The molecule has 0 bridgehead atoms. The molecule has 5 heteroatoms. The molecule has 0 spiro atoms. The van der Waals surface area contributed by atoms with Gasteiger partial charge in [-0.3, -0.25) is 4.79 Å². The molecule has 2 rings (SSSR count). The third-order valence-electron chi connectivity index (χ3n) is 3.14. The second-order valence-electron chi connectivity index (χ2n) is 4.64. The number of carbonyl (C=O) groups is 2. The molecular weight excluding hydrogens is 232 g/mol. The summed E-state index contributed by atoms with van der Waals surface area (Å²) < 4.78 is 0. The lowest BCUT2D eigenvalue weighted by molar-refractivity contribution is 0.0827. The van der Waals surface area contributed by atoms with Crippen molar-refractivity contribution in [3.63, 3.8) is 0 Å². The van der Waals surface area contributed by atoms with Crippen LogP contribution in [0.3, 0.4) is 0 Å². The number of nitrogens with zero attached hydrogens (tertiary/aromatic N) is 2. The average molecular weight is 248 g/mol. The first-order chi connectivity index (χ1) is 8.49. The quantitative estimate of drug-likeness (QED) is 0.817. The summed E-state index contributed by atoms with van der Waals surface area (Å²) in [5.74, 6) is -0.0292. The van der Waals surface area contributed by atoms with Crippen molar-refractivity contribution >= 4 is 12.0 Å². The van der Waals surface area contributed by atoms with Crippen molar-refractivity contribution in [2.45, 2.75) is 13.0 Å². The standard InChI is InChI=1S/C13H16N2O3/c1-14(2)12(16)10-3-4-11-8-15(13(17)18)6-5-9(11)7-10/h3-4,7H,5-6,8H2,1-2H3,(H,17,18). The van der Waals surface area contributed by atoms with Gasteiger partial charge in [-0.05, 0) is 29.7 Å². The van der Waals surface area contributed by atoms with E-state index in [1.165, 1.54) is 9.80 Å². The summed E-state index contributed by atoms with van der Waals surface area (Å²) in [7, 11) is 3.43. The highest BCUT2D eigenvalue weighted by molar-refractivity contribution is 5.94. The van der Waals surface area contributed by atoms with Crippen molar-refractivity contribution in [2.75, 3.05) is 20.6 Å².